The van der Waals surface area contributed by atoms with Gasteiger partial charge >= 0.3 is 5.97 Å². The Bertz CT molecular complexity index is 1190. The van der Waals surface area contributed by atoms with Gasteiger partial charge in [-0.2, -0.15) is 0 Å². The molecule has 5 heteroatoms. The average molecular weight is 405 g/mol. The van der Waals surface area contributed by atoms with Gasteiger partial charge in [-0.3, -0.25) is 4.90 Å². The summed E-state index contributed by atoms with van der Waals surface area (Å²) >= 11 is 1.96. The fourth-order valence-corrected chi connectivity index (χ4v) is 5.77. The number of aromatic amines is 1. The minimum Gasteiger partial charge on any atom is -0.478 e. The third kappa shape index (κ3) is 3.56. The maximum Gasteiger partial charge on any atom is 0.335 e. The van der Waals surface area contributed by atoms with E-state index < -0.39 is 5.97 Å². The van der Waals surface area contributed by atoms with E-state index in [1.807, 2.05) is 23.6 Å². The van der Waals surface area contributed by atoms with E-state index in [9.17, 15) is 4.79 Å². The van der Waals surface area contributed by atoms with Crippen LogP contribution in [0.5, 0.6) is 0 Å². The lowest BCUT2D eigenvalue weighted by Gasteiger charge is -2.26. The molecule has 0 amide bonds. The molecule has 5 rings (SSSR count). The lowest BCUT2D eigenvalue weighted by atomic mass is 10.0. The van der Waals surface area contributed by atoms with E-state index in [1.165, 1.54) is 22.1 Å². The van der Waals surface area contributed by atoms with Crippen molar-refractivity contribution in [3.05, 3.63) is 70.2 Å². The smallest absolute Gasteiger partial charge is 0.335 e. The number of hydrogen-bond acceptors (Lipinski definition) is 3. The number of thiophene rings is 1. The van der Waals surface area contributed by atoms with Crippen molar-refractivity contribution in [2.45, 2.75) is 32.2 Å². The Morgan fingerprint density at radius 1 is 1.14 bits per heavy atom. The molecule has 0 fully saturated rings. The van der Waals surface area contributed by atoms with Gasteiger partial charge < -0.3 is 10.1 Å². The van der Waals surface area contributed by atoms with Gasteiger partial charge in [0.05, 0.1) is 5.56 Å². The van der Waals surface area contributed by atoms with E-state index in [1.54, 1.807) is 22.6 Å². The second-order valence-corrected chi connectivity index (χ2v) is 9.00. The number of nitrogens with one attached hydrogen (secondary N) is 1. The Morgan fingerprint density at radius 2 is 2.03 bits per heavy atom. The molecule has 4 nitrogen and oxygen atoms in total. The summed E-state index contributed by atoms with van der Waals surface area (Å²) in [6.07, 6.45) is 6.53. The van der Waals surface area contributed by atoms with Gasteiger partial charge in [0.25, 0.3) is 0 Å². The van der Waals surface area contributed by atoms with Gasteiger partial charge in [-0.25, -0.2) is 4.79 Å². The summed E-state index contributed by atoms with van der Waals surface area (Å²) in [5.41, 5.74) is 4.09. The topological polar surface area (TPSA) is 56.3 Å². The number of benzene rings is 2. The number of H-pyrrole nitrogens is 1. The molecular weight excluding hydrogens is 380 g/mol. The second-order valence-electron chi connectivity index (χ2n) is 7.86. The fourth-order valence-electron chi connectivity index (χ4n) is 4.47. The molecule has 0 spiro atoms. The molecule has 2 aromatic heterocycles. The summed E-state index contributed by atoms with van der Waals surface area (Å²) < 4.78 is 1.42. The zero-order chi connectivity index (χ0) is 19.8. The van der Waals surface area contributed by atoms with Gasteiger partial charge in [-0.1, -0.05) is 24.3 Å². The number of aryl methyl sites for hydroxylation is 1. The predicted molar refractivity (Wildman–Crippen MR) is 119 cm³/mol. The van der Waals surface area contributed by atoms with Crippen molar-refractivity contribution < 1.29 is 9.90 Å². The van der Waals surface area contributed by atoms with Gasteiger partial charge in [-0.15, -0.1) is 11.3 Å². The Balaban J connectivity index is 1.17. The summed E-state index contributed by atoms with van der Waals surface area (Å²) in [5.74, 6) is -0.883. The number of carbonyl (C=O) groups is 1. The van der Waals surface area contributed by atoms with Crippen LogP contribution in [0.4, 0.5) is 0 Å². The van der Waals surface area contributed by atoms with Crippen LogP contribution in [-0.2, 0) is 19.4 Å². The maximum atomic E-state index is 11.1. The first-order chi connectivity index (χ1) is 14.2. The van der Waals surface area contributed by atoms with E-state index in [4.69, 9.17) is 5.11 Å². The number of aromatic nitrogens is 1. The van der Waals surface area contributed by atoms with Crippen molar-refractivity contribution >= 4 is 38.3 Å². The number of carboxylic acid groups (broad SMARTS) is 1. The van der Waals surface area contributed by atoms with Gasteiger partial charge in [-0.05, 0) is 66.9 Å². The molecule has 2 N–H and O–H groups in total. The van der Waals surface area contributed by atoms with Crippen LogP contribution >= 0.6 is 11.3 Å². The Morgan fingerprint density at radius 3 is 2.93 bits per heavy atom. The fraction of sp³-hybridized carbons (Fsp3) is 0.292. The zero-order valence-electron chi connectivity index (χ0n) is 16.3. The molecule has 4 aromatic rings. The van der Waals surface area contributed by atoms with Crippen LogP contribution in [0.1, 0.15) is 39.2 Å². The standard InChI is InChI=1S/C24H24N2O2S/c27-24(28)16-8-9-18-17(14-25-21(18)13-16)5-3-4-11-26-12-10-20-19-6-1-2-7-22(19)29-23(20)15-26/h1-2,6-9,13-14,25H,3-5,10-12,15H2,(H,27,28). The summed E-state index contributed by atoms with van der Waals surface area (Å²) in [6, 6.07) is 14.1. The molecule has 0 radical (unpaired) electrons. The van der Waals surface area contributed by atoms with E-state index in [0.717, 1.165) is 49.8 Å². The van der Waals surface area contributed by atoms with Crippen molar-refractivity contribution in [2.24, 2.45) is 0 Å². The summed E-state index contributed by atoms with van der Waals surface area (Å²) in [4.78, 5) is 18.5. The molecular formula is C24H24N2O2S. The highest BCUT2D eigenvalue weighted by molar-refractivity contribution is 7.19. The molecule has 0 saturated heterocycles. The zero-order valence-corrected chi connectivity index (χ0v) is 17.1. The third-order valence-electron chi connectivity index (χ3n) is 6.01. The number of rotatable bonds is 6. The van der Waals surface area contributed by atoms with E-state index in [2.05, 4.69) is 34.1 Å². The lowest BCUT2D eigenvalue weighted by Crippen LogP contribution is -2.30. The first-order valence-electron chi connectivity index (χ1n) is 10.2. The summed E-state index contributed by atoms with van der Waals surface area (Å²) in [6.45, 7) is 3.37. The van der Waals surface area contributed by atoms with Crippen molar-refractivity contribution in [1.82, 2.24) is 9.88 Å². The molecule has 148 valence electrons. The maximum absolute atomic E-state index is 11.1. The van der Waals surface area contributed by atoms with Gasteiger partial charge in [0.2, 0.25) is 0 Å². The Labute approximate surface area is 173 Å². The number of carboxylic acids is 1. The second kappa shape index (κ2) is 7.65. The molecule has 3 heterocycles. The SMILES string of the molecule is O=C(O)c1ccc2c(CCCCN3CCc4c(sc5ccccc45)C3)c[nH]c2c1. The number of nitrogens with zero attached hydrogens (tertiary/aromatic N) is 1. The van der Waals surface area contributed by atoms with Crippen LogP contribution in [0, 0.1) is 0 Å². The van der Waals surface area contributed by atoms with E-state index in [-0.39, 0.29) is 0 Å². The summed E-state index contributed by atoms with van der Waals surface area (Å²) in [7, 11) is 0. The first kappa shape index (κ1) is 18.4. The van der Waals surface area contributed by atoms with Gasteiger partial charge in [0.15, 0.2) is 0 Å². The average Bonchev–Trinajstić information content (AvgIpc) is 3.31. The molecule has 1 aliphatic rings. The van der Waals surface area contributed by atoms with Gasteiger partial charge in [0.1, 0.15) is 0 Å². The monoisotopic (exact) mass is 404 g/mol. The first-order valence-corrected chi connectivity index (χ1v) is 11.1. The normalized spacial score (nSPS) is 14.5. The van der Waals surface area contributed by atoms with Crippen LogP contribution in [0.2, 0.25) is 0 Å². The minimum absolute atomic E-state index is 0.330. The molecule has 0 saturated carbocycles. The molecule has 1 aliphatic heterocycles. The van der Waals surface area contributed by atoms with Crippen molar-refractivity contribution in [3.63, 3.8) is 0 Å². The number of fused-ring (bicyclic) bond motifs is 4. The minimum atomic E-state index is -0.883. The highest BCUT2D eigenvalue weighted by Crippen LogP contribution is 2.35. The van der Waals surface area contributed by atoms with E-state index >= 15 is 0 Å². The Hall–Kier alpha value is -2.63. The number of unbranched alkanes of at least 4 members (excludes halogenated alkanes) is 1. The van der Waals surface area contributed by atoms with E-state index in [0.29, 0.717) is 5.56 Å². The molecule has 0 unspecified atom stereocenters. The molecule has 0 aliphatic carbocycles. The molecule has 2 aromatic carbocycles. The van der Waals surface area contributed by atoms with Crippen molar-refractivity contribution in [2.75, 3.05) is 13.1 Å². The van der Waals surface area contributed by atoms with Crippen LogP contribution in [0.25, 0.3) is 21.0 Å². The van der Waals surface area contributed by atoms with Crippen LogP contribution < -0.4 is 0 Å². The Kier molecular flexibility index (Phi) is 4.86. The third-order valence-corrected chi connectivity index (χ3v) is 7.21. The van der Waals surface area contributed by atoms with Crippen molar-refractivity contribution in [3.8, 4) is 0 Å². The predicted octanol–water partition coefficient (Wildman–Crippen LogP) is 5.46. The molecule has 29 heavy (non-hydrogen) atoms. The number of aromatic carboxylic acids is 1. The van der Waals surface area contributed by atoms with Crippen LogP contribution in [0.15, 0.2) is 48.7 Å². The van der Waals surface area contributed by atoms with Crippen molar-refractivity contribution in [1.29, 1.82) is 0 Å². The van der Waals surface area contributed by atoms with Crippen LogP contribution in [0.3, 0.4) is 0 Å². The van der Waals surface area contributed by atoms with Gasteiger partial charge in [0, 0.05) is 39.8 Å². The highest BCUT2D eigenvalue weighted by Gasteiger charge is 2.20. The highest BCUT2D eigenvalue weighted by atomic mass is 32.1. The number of hydrogen-bond donors (Lipinski definition) is 2. The largest absolute Gasteiger partial charge is 0.478 e. The van der Waals surface area contributed by atoms with Crippen LogP contribution in [-0.4, -0.2) is 34.0 Å². The quantitative estimate of drug-likeness (QED) is 0.420. The summed E-state index contributed by atoms with van der Waals surface area (Å²) in [5, 5.41) is 11.7. The molecule has 0 bridgehead atoms. The molecule has 0 atom stereocenters. The lowest BCUT2D eigenvalue weighted by molar-refractivity contribution is 0.0697.